The van der Waals surface area contributed by atoms with Gasteiger partial charge in [0, 0.05) is 0 Å². The van der Waals surface area contributed by atoms with E-state index < -0.39 is 0 Å². The van der Waals surface area contributed by atoms with Crippen LogP contribution in [0.1, 0.15) is 86.0 Å². The van der Waals surface area contributed by atoms with Gasteiger partial charge in [0.25, 0.3) is 0 Å². The first-order valence-electron chi connectivity index (χ1n) is 11.0. The van der Waals surface area contributed by atoms with Crippen molar-refractivity contribution < 1.29 is 5.11 Å². The van der Waals surface area contributed by atoms with Crippen molar-refractivity contribution in [3.8, 4) is 0 Å². The van der Waals surface area contributed by atoms with Crippen LogP contribution in [-0.2, 0) is 0 Å². The van der Waals surface area contributed by atoms with Gasteiger partial charge in [0.2, 0.25) is 0 Å². The van der Waals surface area contributed by atoms with Gasteiger partial charge >= 0.3 is 0 Å². The van der Waals surface area contributed by atoms with Gasteiger partial charge in [-0.25, -0.2) is 0 Å². The Bertz CT molecular complexity index is 484. The summed E-state index contributed by atoms with van der Waals surface area (Å²) in [5, 5.41) is 10.4. The Morgan fingerprint density at radius 1 is 0.792 bits per heavy atom. The summed E-state index contributed by atoms with van der Waals surface area (Å²) in [4.78, 5) is 0. The van der Waals surface area contributed by atoms with Crippen molar-refractivity contribution >= 4 is 0 Å². The van der Waals surface area contributed by atoms with Gasteiger partial charge in [-0.3, -0.25) is 0 Å². The maximum Gasteiger partial charge on any atom is 0.0568 e. The van der Waals surface area contributed by atoms with E-state index in [2.05, 4.69) is 34.6 Å². The molecular formula is C23H40O. The molecule has 0 aromatic heterocycles. The van der Waals surface area contributed by atoms with Crippen molar-refractivity contribution in [2.75, 3.05) is 0 Å². The van der Waals surface area contributed by atoms with Crippen molar-refractivity contribution in [2.24, 2.45) is 52.3 Å². The molecule has 4 aliphatic rings. The normalized spacial score (nSPS) is 57.4. The van der Waals surface area contributed by atoms with E-state index in [-0.39, 0.29) is 6.10 Å². The van der Waals surface area contributed by atoms with E-state index in [9.17, 15) is 5.11 Å². The Morgan fingerprint density at radius 2 is 1.42 bits per heavy atom. The molecule has 4 fully saturated rings. The molecular weight excluding hydrogens is 292 g/mol. The smallest absolute Gasteiger partial charge is 0.0568 e. The fraction of sp³-hybridized carbons (Fsp3) is 1.00. The maximum atomic E-state index is 10.4. The summed E-state index contributed by atoms with van der Waals surface area (Å²) in [6.07, 6.45) is 11.1. The van der Waals surface area contributed by atoms with Gasteiger partial charge < -0.3 is 5.11 Å². The molecule has 1 heteroatoms. The van der Waals surface area contributed by atoms with Crippen LogP contribution in [0.5, 0.6) is 0 Å². The van der Waals surface area contributed by atoms with Gasteiger partial charge in [0.1, 0.15) is 0 Å². The van der Waals surface area contributed by atoms with Gasteiger partial charge in [-0.2, -0.15) is 0 Å². The molecule has 24 heavy (non-hydrogen) atoms. The Labute approximate surface area is 150 Å². The molecule has 0 saturated heterocycles. The number of hydrogen-bond donors (Lipinski definition) is 1. The first-order valence-corrected chi connectivity index (χ1v) is 11.0. The molecule has 0 spiro atoms. The van der Waals surface area contributed by atoms with E-state index in [0.717, 1.165) is 41.9 Å². The molecule has 0 aromatic rings. The van der Waals surface area contributed by atoms with Gasteiger partial charge in [-0.15, -0.1) is 0 Å². The molecule has 138 valence electrons. The van der Waals surface area contributed by atoms with E-state index >= 15 is 0 Å². The van der Waals surface area contributed by atoms with Crippen LogP contribution in [0.3, 0.4) is 0 Å². The van der Waals surface area contributed by atoms with E-state index in [4.69, 9.17) is 0 Å². The fourth-order valence-corrected chi connectivity index (χ4v) is 8.85. The van der Waals surface area contributed by atoms with Crippen molar-refractivity contribution in [2.45, 2.75) is 92.1 Å². The third-order valence-electron chi connectivity index (χ3n) is 10.0. The van der Waals surface area contributed by atoms with Crippen LogP contribution in [0, 0.1) is 52.3 Å². The van der Waals surface area contributed by atoms with Crippen LogP contribution in [0.25, 0.3) is 0 Å². The molecule has 0 aliphatic heterocycles. The zero-order valence-electron chi connectivity index (χ0n) is 16.7. The highest BCUT2D eigenvalue weighted by atomic mass is 16.3. The van der Waals surface area contributed by atoms with Gasteiger partial charge in [0.15, 0.2) is 0 Å². The number of aliphatic hydroxyl groups excluding tert-OH is 1. The fourth-order valence-electron chi connectivity index (χ4n) is 8.85. The van der Waals surface area contributed by atoms with Crippen LogP contribution in [-0.4, -0.2) is 11.2 Å². The number of fused-ring (bicyclic) bond motifs is 5. The van der Waals surface area contributed by atoms with Crippen LogP contribution in [0.15, 0.2) is 0 Å². The Kier molecular flexibility index (Phi) is 4.15. The van der Waals surface area contributed by atoms with Gasteiger partial charge in [0.05, 0.1) is 6.10 Å². The Balaban J connectivity index is 1.62. The van der Waals surface area contributed by atoms with E-state index in [1.54, 1.807) is 0 Å². The first kappa shape index (κ1) is 17.4. The molecule has 4 aliphatic carbocycles. The maximum absolute atomic E-state index is 10.4. The summed E-state index contributed by atoms with van der Waals surface area (Å²) in [6, 6.07) is 0. The molecule has 1 N–H and O–H groups in total. The quantitative estimate of drug-likeness (QED) is 0.633. The van der Waals surface area contributed by atoms with Crippen LogP contribution in [0.2, 0.25) is 0 Å². The average molecular weight is 333 g/mol. The molecule has 0 amide bonds. The summed E-state index contributed by atoms with van der Waals surface area (Å²) in [6.45, 7) is 12.5. The lowest BCUT2D eigenvalue weighted by molar-refractivity contribution is -0.148. The van der Waals surface area contributed by atoms with Crippen LogP contribution >= 0.6 is 0 Å². The molecule has 4 rings (SSSR count). The van der Waals surface area contributed by atoms with E-state index in [0.29, 0.717) is 16.7 Å². The summed E-state index contributed by atoms with van der Waals surface area (Å²) < 4.78 is 0. The lowest BCUT2D eigenvalue weighted by Crippen LogP contribution is -2.56. The molecule has 1 nitrogen and oxygen atoms in total. The van der Waals surface area contributed by atoms with E-state index in [1.165, 1.54) is 44.9 Å². The van der Waals surface area contributed by atoms with Crippen molar-refractivity contribution in [3.63, 3.8) is 0 Å². The second-order valence-corrected chi connectivity index (χ2v) is 11.0. The molecule has 4 saturated carbocycles. The summed E-state index contributed by atoms with van der Waals surface area (Å²) >= 11 is 0. The van der Waals surface area contributed by atoms with E-state index in [1.807, 2.05) is 0 Å². The number of rotatable bonds is 1. The largest absolute Gasteiger partial charge is 0.393 e. The molecule has 0 aromatic carbocycles. The minimum Gasteiger partial charge on any atom is -0.393 e. The minimum atomic E-state index is -0.0368. The van der Waals surface area contributed by atoms with Gasteiger partial charge in [-0.1, -0.05) is 34.6 Å². The Morgan fingerprint density at radius 3 is 2.12 bits per heavy atom. The topological polar surface area (TPSA) is 20.2 Å². The van der Waals surface area contributed by atoms with Crippen LogP contribution < -0.4 is 0 Å². The summed E-state index contributed by atoms with van der Waals surface area (Å²) in [5.41, 5.74) is 1.14. The van der Waals surface area contributed by atoms with Crippen molar-refractivity contribution in [3.05, 3.63) is 0 Å². The second-order valence-electron chi connectivity index (χ2n) is 11.0. The predicted octanol–water partition coefficient (Wildman–Crippen LogP) is 5.91. The first-order chi connectivity index (χ1) is 11.3. The molecule has 0 heterocycles. The summed E-state index contributed by atoms with van der Waals surface area (Å²) in [5.74, 6) is 6.02. The molecule has 9 atom stereocenters. The predicted molar refractivity (Wildman–Crippen MR) is 101 cm³/mol. The molecule has 0 radical (unpaired) electrons. The second kappa shape index (κ2) is 5.73. The Hall–Kier alpha value is -0.0400. The third kappa shape index (κ3) is 2.22. The monoisotopic (exact) mass is 332 g/mol. The highest BCUT2D eigenvalue weighted by Crippen LogP contribution is 2.68. The SMILES string of the molecule is CC(C)[C@H]1CC[C@H]2[C@@H]3CC[C@H]4[C@H](C)[C@@H](O)CC[C@]4(C)[C@H]3CC[C@]12C. The lowest BCUT2D eigenvalue weighted by Gasteiger charge is -2.62. The highest BCUT2D eigenvalue weighted by molar-refractivity contribution is 5.10. The van der Waals surface area contributed by atoms with Crippen molar-refractivity contribution in [1.82, 2.24) is 0 Å². The zero-order valence-corrected chi connectivity index (χ0v) is 16.7. The molecule has 0 unspecified atom stereocenters. The summed E-state index contributed by atoms with van der Waals surface area (Å²) in [7, 11) is 0. The average Bonchev–Trinajstić information content (AvgIpc) is 2.89. The molecule has 0 bridgehead atoms. The van der Waals surface area contributed by atoms with Gasteiger partial charge in [-0.05, 0) is 104 Å². The number of hydrogen-bond acceptors (Lipinski definition) is 1. The number of aliphatic hydroxyl groups is 1. The lowest BCUT2D eigenvalue weighted by atomic mass is 9.43. The third-order valence-corrected chi connectivity index (χ3v) is 10.0. The minimum absolute atomic E-state index is 0.0368. The van der Waals surface area contributed by atoms with Crippen molar-refractivity contribution in [1.29, 1.82) is 0 Å². The standard InChI is InChI=1S/C23H40O/c1-14(2)17-8-9-19-16-6-7-18-15(3)21(24)11-13-23(18,5)20(16)10-12-22(17,19)4/h14-21,24H,6-13H2,1-5H3/t15-,16-,17+,18-,19-,20-,21-,22+,23-/m0/s1. The zero-order chi connectivity index (χ0) is 17.3. The van der Waals surface area contributed by atoms with Crippen LogP contribution in [0.4, 0.5) is 0 Å². The highest BCUT2D eigenvalue weighted by Gasteiger charge is 2.61.